The molecular formula is C19H26N4O2. The normalized spacial score (nSPS) is 18.0. The summed E-state index contributed by atoms with van der Waals surface area (Å²) >= 11 is 0. The van der Waals surface area contributed by atoms with E-state index in [0.29, 0.717) is 17.6 Å². The number of carbonyl (C=O) groups excluding carboxylic acids is 1. The molecule has 3 N–H and O–H groups in total. The van der Waals surface area contributed by atoms with Gasteiger partial charge in [-0.25, -0.2) is 4.98 Å². The number of amides is 1. The smallest absolute Gasteiger partial charge is 0.289 e. The zero-order chi connectivity index (χ0) is 17.8. The molecule has 6 nitrogen and oxygen atoms in total. The van der Waals surface area contributed by atoms with Crippen molar-refractivity contribution in [3.05, 3.63) is 41.5 Å². The summed E-state index contributed by atoms with van der Waals surface area (Å²) < 4.78 is 5.73. The van der Waals surface area contributed by atoms with Gasteiger partial charge in [-0.05, 0) is 49.9 Å². The van der Waals surface area contributed by atoms with Gasteiger partial charge in [0.2, 0.25) is 0 Å². The lowest BCUT2D eigenvalue weighted by atomic mass is 10.1. The predicted octanol–water partition coefficient (Wildman–Crippen LogP) is 3.23. The number of anilines is 2. The largest absolute Gasteiger partial charge is 0.456 e. The maximum absolute atomic E-state index is 12.7. The molecule has 2 aromatic rings. The van der Waals surface area contributed by atoms with Crippen molar-refractivity contribution in [3.8, 4) is 0 Å². The fourth-order valence-corrected chi connectivity index (χ4v) is 3.30. The second-order valence-electron chi connectivity index (χ2n) is 6.61. The molecule has 1 fully saturated rings. The molecule has 1 aliphatic rings. The van der Waals surface area contributed by atoms with E-state index in [1.54, 1.807) is 12.3 Å². The van der Waals surface area contributed by atoms with E-state index in [0.717, 1.165) is 55.8 Å². The lowest BCUT2D eigenvalue weighted by Crippen LogP contribution is -2.32. The van der Waals surface area contributed by atoms with Crippen LogP contribution in [-0.4, -0.2) is 34.9 Å². The van der Waals surface area contributed by atoms with Gasteiger partial charge in [-0.2, -0.15) is 0 Å². The number of nitrogens with two attached hydrogens (primary N) is 1. The highest BCUT2D eigenvalue weighted by Gasteiger charge is 2.24. The lowest BCUT2D eigenvalue weighted by Gasteiger charge is -2.20. The molecule has 0 bridgehead atoms. The first-order valence-electron chi connectivity index (χ1n) is 8.93. The van der Waals surface area contributed by atoms with E-state index in [1.165, 1.54) is 0 Å². The first kappa shape index (κ1) is 17.3. The molecule has 2 aromatic heterocycles. The molecule has 25 heavy (non-hydrogen) atoms. The van der Waals surface area contributed by atoms with Crippen LogP contribution in [0.4, 0.5) is 11.5 Å². The molecule has 1 amide bonds. The molecule has 3 heterocycles. The summed E-state index contributed by atoms with van der Waals surface area (Å²) in [5.74, 6) is 1.87. The Morgan fingerprint density at radius 2 is 2.24 bits per heavy atom. The topological polar surface area (TPSA) is 84.4 Å². The van der Waals surface area contributed by atoms with E-state index >= 15 is 0 Å². The number of hydrogen-bond donors (Lipinski definition) is 2. The van der Waals surface area contributed by atoms with Crippen molar-refractivity contribution in [2.24, 2.45) is 0 Å². The zero-order valence-corrected chi connectivity index (χ0v) is 14.9. The Kier molecular flexibility index (Phi) is 5.26. The fraction of sp³-hybridized carbons (Fsp3) is 0.474. The molecule has 1 atom stereocenters. The Hall–Kier alpha value is -2.50. The van der Waals surface area contributed by atoms with Gasteiger partial charge in [0.25, 0.3) is 5.91 Å². The minimum atomic E-state index is -0.00222. The molecule has 0 aromatic carbocycles. The quantitative estimate of drug-likeness (QED) is 0.891. The third kappa shape index (κ3) is 4.13. The second-order valence-corrected chi connectivity index (χ2v) is 6.61. The third-order valence-electron chi connectivity index (χ3n) is 4.72. The lowest BCUT2D eigenvalue weighted by molar-refractivity contribution is 0.0727. The van der Waals surface area contributed by atoms with Crippen molar-refractivity contribution in [1.82, 2.24) is 9.88 Å². The van der Waals surface area contributed by atoms with Crippen LogP contribution in [0.5, 0.6) is 0 Å². The van der Waals surface area contributed by atoms with Crippen molar-refractivity contribution in [3.63, 3.8) is 0 Å². The maximum Gasteiger partial charge on any atom is 0.289 e. The Balaban J connectivity index is 1.60. The van der Waals surface area contributed by atoms with E-state index < -0.39 is 0 Å². The summed E-state index contributed by atoms with van der Waals surface area (Å²) in [5, 5.41) is 3.49. The summed E-state index contributed by atoms with van der Waals surface area (Å²) in [6.07, 6.45) is 5.44. The van der Waals surface area contributed by atoms with E-state index in [4.69, 9.17) is 10.2 Å². The van der Waals surface area contributed by atoms with Gasteiger partial charge in [-0.1, -0.05) is 6.92 Å². The Bertz CT molecular complexity index is 724. The first-order chi connectivity index (χ1) is 12.1. The van der Waals surface area contributed by atoms with Crippen LogP contribution in [0.25, 0.3) is 0 Å². The molecular weight excluding hydrogens is 316 g/mol. The monoisotopic (exact) mass is 342 g/mol. The minimum Gasteiger partial charge on any atom is -0.456 e. The molecule has 1 saturated heterocycles. The second kappa shape index (κ2) is 7.59. The standard InChI is InChI=1S/C19H26N4O2/c1-3-16-13(2)11-17(25-16)19(24)23-9-4-5-14(8-10-23)22-15-6-7-18(20)21-12-15/h6-7,11-12,14,22H,3-5,8-10H2,1-2H3,(H2,20,21)/t14-/m1/s1. The number of pyridine rings is 1. The molecule has 0 spiro atoms. The first-order valence-corrected chi connectivity index (χ1v) is 8.93. The molecule has 1 aliphatic heterocycles. The Morgan fingerprint density at radius 3 is 2.92 bits per heavy atom. The van der Waals surface area contributed by atoms with E-state index in [-0.39, 0.29) is 5.91 Å². The number of aromatic nitrogens is 1. The highest BCUT2D eigenvalue weighted by Crippen LogP contribution is 2.21. The van der Waals surface area contributed by atoms with Crippen molar-refractivity contribution in [2.45, 2.75) is 45.6 Å². The van der Waals surface area contributed by atoms with Gasteiger partial charge < -0.3 is 20.4 Å². The maximum atomic E-state index is 12.7. The Morgan fingerprint density at radius 1 is 1.40 bits per heavy atom. The number of nitrogen functional groups attached to an aromatic ring is 1. The van der Waals surface area contributed by atoms with Crippen LogP contribution in [0, 0.1) is 6.92 Å². The van der Waals surface area contributed by atoms with Crippen LogP contribution in [0.3, 0.4) is 0 Å². The zero-order valence-electron chi connectivity index (χ0n) is 14.9. The van der Waals surface area contributed by atoms with Crippen LogP contribution < -0.4 is 11.1 Å². The minimum absolute atomic E-state index is 0.00222. The molecule has 0 unspecified atom stereocenters. The molecule has 0 radical (unpaired) electrons. The van der Waals surface area contributed by atoms with Crippen LogP contribution in [-0.2, 0) is 6.42 Å². The molecule has 3 rings (SSSR count). The van der Waals surface area contributed by atoms with E-state index in [1.807, 2.05) is 30.9 Å². The molecule has 134 valence electrons. The number of carbonyl (C=O) groups is 1. The number of rotatable bonds is 4. The van der Waals surface area contributed by atoms with Gasteiger partial charge in [0, 0.05) is 25.6 Å². The van der Waals surface area contributed by atoms with E-state index in [2.05, 4.69) is 10.3 Å². The summed E-state index contributed by atoms with van der Waals surface area (Å²) in [6.45, 7) is 5.51. The molecule has 6 heteroatoms. The van der Waals surface area contributed by atoms with Gasteiger partial charge >= 0.3 is 0 Å². The third-order valence-corrected chi connectivity index (χ3v) is 4.72. The van der Waals surface area contributed by atoms with Crippen LogP contribution in [0.2, 0.25) is 0 Å². The average molecular weight is 342 g/mol. The summed E-state index contributed by atoms with van der Waals surface area (Å²) in [5.41, 5.74) is 7.64. The number of nitrogens with zero attached hydrogens (tertiary/aromatic N) is 2. The van der Waals surface area contributed by atoms with Crippen molar-refractivity contribution in [1.29, 1.82) is 0 Å². The number of hydrogen-bond acceptors (Lipinski definition) is 5. The fourth-order valence-electron chi connectivity index (χ4n) is 3.30. The Labute approximate surface area is 148 Å². The SMILES string of the molecule is CCc1oc(C(=O)N2CCC[C@@H](Nc3ccc(N)nc3)CC2)cc1C. The van der Waals surface area contributed by atoms with Crippen molar-refractivity contribution in [2.75, 3.05) is 24.1 Å². The summed E-state index contributed by atoms with van der Waals surface area (Å²) in [4.78, 5) is 18.7. The van der Waals surface area contributed by atoms with Gasteiger partial charge in [0.1, 0.15) is 11.6 Å². The van der Waals surface area contributed by atoms with Crippen molar-refractivity contribution < 1.29 is 9.21 Å². The predicted molar refractivity (Wildman–Crippen MR) is 98.6 cm³/mol. The van der Waals surface area contributed by atoms with Gasteiger partial charge in [-0.3, -0.25) is 4.79 Å². The summed E-state index contributed by atoms with van der Waals surface area (Å²) in [7, 11) is 0. The highest BCUT2D eigenvalue weighted by molar-refractivity contribution is 5.91. The molecule has 0 saturated carbocycles. The number of furan rings is 1. The average Bonchev–Trinajstić information content (AvgIpc) is 2.84. The van der Waals surface area contributed by atoms with Gasteiger partial charge in [0.05, 0.1) is 11.9 Å². The van der Waals surface area contributed by atoms with Crippen LogP contribution in [0.15, 0.2) is 28.8 Å². The van der Waals surface area contributed by atoms with Gasteiger partial charge in [0.15, 0.2) is 5.76 Å². The van der Waals surface area contributed by atoms with Crippen LogP contribution >= 0.6 is 0 Å². The molecule has 0 aliphatic carbocycles. The van der Waals surface area contributed by atoms with E-state index in [9.17, 15) is 4.79 Å². The van der Waals surface area contributed by atoms with Gasteiger partial charge in [-0.15, -0.1) is 0 Å². The highest BCUT2D eigenvalue weighted by atomic mass is 16.4. The number of nitrogens with one attached hydrogen (secondary N) is 1. The number of likely N-dealkylation sites (tertiary alicyclic amines) is 1. The number of aryl methyl sites for hydroxylation is 2. The van der Waals surface area contributed by atoms with Crippen LogP contribution in [0.1, 0.15) is 48.1 Å². The van der Waals surface area contributed by atoms with Crippen molar-refractivity contribution >= 4 is 17.4 Å². The summed E-state index contributed by atoms with van der Waals surface area (Å²) in [6, 6.07) is 5.92.